The maximum Gasteiger partial charge on any atom is 0.262 e. The van der Waals surface area contributed by atoms with E-state index < -0.39 is 0 Å². The number of nitrogens with zero attached hydrogens (tertiary/aromatic N) is 3. The quantitative estimate of drug-likeness (QED) is 0.465. The van der Waals surface area contributed by atoms with E-state index in [1.807, 2.05) is 19.1 Å². The van der Waals surface area contributed by atoms with Gasteiger partial charge in [0.25, 0.3) is 11.5 Å². The molecule has 156 valence electrons. The molecule has 0 unspecified atom stereocenters. The molecule has 0 spiro atoms. The van der Waals surface area contributed by atoms with E-state index in [9.17, 15) is 14.4 Å². The number of hydrogen-bond acceptors (Lipinski definition) is 5. The Bertz CT molecular complexity index is 1120. The van der Waals surface area contributed by atoms with Crippen LogP contribution in [0.5, 0.6) is 0 Å². The van der Waals surface area contributed by atoms with E-state index in [-0.39, 0.29) is 23.1 Å². The van der Waals surface area contributed by atoms with Gasteiger partial charge in [-0.15, -0.1) is 0 Å². The summed E-state index contributed by atoms with van der Waals surface area (Å²) < 4.78 is 1.63. The summed E-state index contributed by atoms with van der Waals surface area (Å²) >= 11 is 1.23. The van der Waals surface area contributed by atoms with Gasteiger partial charge in [-0.25, -0.2) is 4.98 Å². The molecule has 0 saturated heterocycles. The molecule has 1 N–H and O–H groups in total. The van der Waals surface area contributed by atoms with Crippen molar-refractivity contribution in [2.24, 2.45) is 0 Å². The van der Waals surface area contributed by atoms with E-state index in [0.29, 0.717) is 33.9 Å². The third kappa shape index (κ3) is 4.88. The Hall–Kier alpha value is -3.13. The lowest BCUT2D eigenvalue weighted by Crippen LogP contribution is -2.24. The molecule has 0 atom stereocenters. The molecule has 8 heteroatoms. The number of carbonyl (C=O) groups is 2. The first-order valence-electron chi connectivity index (χ1n) is 9.64. The van der Waals surface area contributed by atoms with Gasteiger partial charge in [-0.1, -0.05) is 30.8 Å². The van der Waals surface area contributed by atoms with E-state index >= 15 is 0 Å². The van der Waals surface area contributed by atoms with Crippen LogP contribution in [0, 0.1) is 0 Å². The number of carbonyl (C=O) groups excluding carboxylic acids is 2. The Labute approximate surface area is 179 Å². The fraction of sp³-hybridized carbons (Fsp3) is 0.273. The maximum absolute atomic E-state index is 12.8. The minimum Gasteiger partial charge on any atom is -0.345 e. The highest BCUT2D eigenvalue weighted by molar-refractivity contribution is 7.99. The minimum atomic E-state index is -0.211. The van der Waals surface area contributed by atoms with Gasteiger partial charge in [0.2, 0.25) is 5.91 Å². The van der Waals surface area contributed by atoms with Crippen molar-refractivity contribution in [2.75, 3.05) is 25.2 Å². The van der Waals surface area contributed by atoms with Crippen LogP contribution in [0.1, 0.15) is 23.7 Å². The maximum atomic E-state index is 12.8. The summed E-state index contributed by atoms with van der Waals surface area (Å²) in [4.78, 5) is 43.2. The SMILES string of the molecule is CCCn1c(SCC(=O)Nc2ccc(C(=O)N(C)C)cc2)nc2ccccc2c1=O. The average molecular weight is 425 g/mol. The van der Waals surface area contributed by atoms with Crippen LogP contribution in [-0.2, 0) is 11.3 Å². The van der Waals surface area contributed by atoms with Gasteiger partial charge < -0.3 is 10.2 Å². The van der Waals surface area contributed by atoms with Crippen LogP contribution in [0.3, 0.4) is 0 Å². The molecule has 0 bridgehead atoms. The number of aromatic nitrogens is 2. The Balaban J connectivity index is 1.71. The first kappa shape index (κ1) is 21.6. The smallest absolute Gasteiger partial charge is 0.262 e. The van der Waals surface area contributed by atoms with Crippen molar-refractivity contribution in [3.05, 3.63) is 64.4 Å². The second-order valence-corrected chi connectivity index (χ2v) is 7.92. The predicted octanol–water partition coefficient (Wildman–Crippen LogP) is 3.24. The number of nitrogens with one attached hydrogen (secondary N) is 1. The number of hydrogen-bond donors (Lipinski definition) is 1. The molecule has 0 aliphatic rings. The summed E-state index contributed by atoms with van der Waals surface area (Å²) in [6, 6.07) is 14.0. The summed E-state index contributed by atoms with van der Waals surface area (Å²) in [5.74, 6) is -0.191. The molecule has 1 heterocycles. The molecule has 0 aliphatic carbocycles. The van der Waals surface area contributed by atoms with Crippen molar-refractivity contribution >= 4 is 40.2 Å². The highest BCUT2D eigenvalue weighted by Gasteiger charge is 2.13. The number of fused-ring (bicyclic) bond motifs is 1. The number of rotatable bonds is 7. The fourth-order valence-electron chi connectivity index (χ4n) is 2.96. The van der Waals surface area contributed by atoms with Crippen molar-refractivity contribution in [3.8, 4) is 0 Å². The summed E-state index contributed by atoms with van der Waals surface area (Å²) in [7, 11) is 3.38. The van der Waals surface area contributed by atoms with Gasteiger partial charge in [0.15, 0.2) is 5.16 Å². The van der Waals surface area contributed by atoms with Crippen LogP contribution >= 0.6 is 11.8 Å². The van der Waals surface area contributed by atoms with E-state index in [2.05, 4.69) is 10.3 Å². The van der Waals surface area contributed by atoms with Crippen LogP contribution < -0.4 is 10.9 Å². The normalized spacial score (nSPS) is 10.8. The Morgan fingerprint density at radius 3 is 2.47 bits per heavy atom. The number of amides is 2. The number of para-hydroxylation sites is 1. The fourth-order valence-corrected chi connectivity index (χ4v) is 3.79. The lowest BCUT2D eigenvalue weighted by Gasteiger charge is -2.13. The number of benzene rings is 2. The zero-order valence-corrected chi connectivity index (χ0v) is 18.0. The first-order valence-corrected chi connectivity index (χ1v) is 10.6. The Morgan fingerprint density at radius 1 is 1.10 bits per heavy atom. The highest BCUT2D eigenvalue weighted by atomic mass is 32.2. The third-order valence-electron chi connectivity index (χ3n) is 4.43. The van der Waals surface area contributed by atoms with Gasteiger partial charge in [0.1, 0.15) is 0 Å². The Morgan fingerprint density at radius 2 is 1.80 bits per heavy atom. The molecule has 2 amide bonds. The molecule has 7 nitrogen and oxygen atoms in total. The van der Waals surface area contributed by atoms with Gasteiger partial charge in [-0.3, -0.25) is 19.0 Å². The number of anilines is 1. The van der Waals surface area contributed by atoms with Crippen molar-refractivity contribution in [1.29, 1.82) is 0 Å². The molecule has 1 aromatic heterocycles. The minimum absolute atomic E-state index is 0.0912. The van der Waals surface area contributed by atoms with E-state index in [1.54, 1.807) is 55.1 Å². The number of thioether (sulfide) groups is 1. The van der Waals surface area contributed by atoms with Crippen LogP contribution in [0.4, 0.5) is 5.69 Å². The van der Waals surface area contributed by atoms with E-state index in [4.69, 9.17) is 0 Å². The zero-order chi connectivity index (χ0) is 21.7. The van der Waals surface area contributed by atoms with Gasteiger partial charge in [-0.2, -0.15) is 0 Å². The van der Waals surface area contributed by atoms with E-state index in [0.717, 1.165) is 6.42 Å². The van der Waals surface area contributed by atoms with Crippen molar-refractivity contribution < 1.29 is 9.59 Å². The molecular formula is C22H24N4O3S. The van der Waals surface area contributed by atoms with Crippen LogP contribution in [-0.4, -0.2) is 46.1 Å². The van der Waals surface area contributed by atoms with Crippen molar-refractivity contribution in [2.45, 2.75) is 25.0 Å². The second-order valence-electron chi connectivity index (χ2n) is 6.98. The second kappa shape index (κ2) is 9.58. The summed E-state index contributed by atoms with van der Waals surface area (Å²) in [6.45, 7) is 2.54. The highest BCUT2D eigenvalue weighted by Crippen LogP contribution is 2.19. The molecule has 3 rings (SSSR count). The monoisotopic (exact) mass is 424 g/mol. The van der Waals surface area contributed by atoms with Gasteiger partial charge >= 0.3 is 0 Å². The lowest BCUT2D eigenvalue weighted by atomic mass is 10.2. The summed E-state index contributed by atoms with van der Waals surface area (Å²) in [6.07, 6.45) is 0.789. The van der Waals surface area contributed by atoms with Crippen LogP contribution in [0.15, 0.2) is 58.5 Å². The molecule has 3 aromatic rings. The molecule has 0 saturated carbocycles. The van der Waals surface area contributed by atoms with Gasteiger partial charge in [0.05, 0.1) is 16.7 Å². The Kier molecular flexibility index (Phi) is 6.89. The molecular weight excluding hydrogens is 400 g/mol. The largest absolute Gasteiger partial charge is 0.345 e. The van der Waals surface area contributed by atoms with Crippen molar-refractivity contribution in [1.82, 2.24) is 14.5 Å². The van der Waals surface area contributed by atoms with E-state index in [1.165, 1.54) is 16.7 Å². The molecule has 30 heavy (non-hydrogen) atoms. The predicted molar refractivity (Wildman–Crippen MR) is 120 cm³/mol. The average Bonchev–Trinajstić information content (AvgIpc) is 2.74. The topological polar surface area (TPSA) is 84.3 Å². The van der Waals surface area contributed by atoms with Crippen LogP contribution in [0.2, 0.25) is 0 Å². The van der Waals surface area contributed by atoms with Gasteiger partial charge in [-0.05, 0) is 42.8 Å². The summed E-state index contributed by atoms with van der Waals surface area (Å²) in [5.41, 5.74) is 1.69. The van der Waals surface area contributed by atoms with Crippen molar-refractivity contribution in [3.63, 3.8) is 0 Å². The standard InChI is InChI=1S/C22H24N4O3S/c1-4-13-26-21(29)17-7-5-6-8-18(17)24-22(26)30-14-19(27)23-16-11-9-15(10-12-16)20(28)25(2)3/h5-12H,4,13-14H2,1-3H3,(H,23,27). The van der Waals surface area contributed by atoms with Gasteiger partial charge in [0, 0.05) is 31.9 Å². The first-order chi connectivity index (χ1) is 14.4. The molecule has 0 aliphatic heterocycles. The summed E-state index contributed by atoms with van der Waals surface area (Å²) in [5, 5.41) is 3.92. The molecule has 2 aromatic carbocycles. The molecule has 0 fully saturated rings. The van der Waals surface area contributed by atoms with Crippen LogP contribution in [0.25, 0.3) is 10.9 Å². The third-order valence-corrected chi connectivity index (χ3v) is 5.40. The lowest BCUT2D eigenvalue weighted by molar-refractivity contribution is -0.113. The molecule has 0 radical (unpaired) electrons. The zero-order valence-electron chi connectivity index (χ0n) is 17.2.